The summed E-state index contributed by atoms with van der Waals surface area (Å²) in [5.74, 6) is -0.729. The molecule has 4 rings (SSSR count). The molecule has 0 aromatic heterocycles. The van der Waals surface area contributed by atoms with Crippen molar-refractivity contribution in [2.75, 3.05) is 13.7 Å². The van der Waals surface area contributed by atoms with Gasteiger partial charge in [0, 0.05) is 31.3 Å². The molecule has 0 bridgehead atoms. The number of aliphatic hydroxyl groups is 1. The molecule has 44 heavy (non-hydrogen) atoms. The van der Waals surface area contributed by atoms with E-state index in [9.17, 15) is 9.90 Å². The lowest BCUT2D eigenvalue weighted by Crippen LogP contribution is -2.63. The lowest BCUT2D eigenvalue weighted by atomic mass is 9.47. The predicted octanol–water partition coefficient (Wildman–Crippen LogP) is 6.87. The summed E-state index contributed by atoms with van der Waals surface area (Å²) in [5, 5.41) is 12.3. The number of methoxy groups -OCH3 is 1. The highest BCUT2D eigenvalue weighted by Crippen LogP contribution is 2.72. The van der Waals surface area contributed by atoms with Crippen LogP contribution in [0.5, 0.6) is 0 Å². The predicted molar refractivity (Wildman–Crippen MR) is 181 cm³/mol. The van der Waals surface area contributed by atoms with Crippen molar-refractivity contribution < 1.29 is 37.4 Å². The first kappa shape index (κ1) is 36.5. The molecule has 2 aliphatic carbocycles. The summed E-state index contributed by atoms with van der Waals surface area (Å²) < 4.78 is 39.1. The third-order valence-electron chi connectivity index (χ3n) is 12.1. The Morgan fingerprint density at radius 3 is 2.18 bits per heavy atom. The molecule has 4 aliphatic rings. The first-order chi connectivity index (χ1) is 20.2. The lowest BCUT2D eigenvalue weighted by molar-refractivity contribution is -0.163. The van der Waals surface area contributed by atoms with E-state index in [0.29, 0.717) is 19.4 Å². The quantitative estimate of drug-likeness (QED) is 0.122. The van der Waals surface area contributed by atoms with Crippen molar-refractivity contribution >= 4 is 30.9 Å². The van der Waals surface area contributed by atoms with Crippen LogP contribution in [0.25, 0.3) is 0 Å². The third kappa shape index (κ3) is 5.93. The summed E-state index contributed by atoms with van der Waals surface area (Å²) >= 11 is 0. The number of hydrogen-bond acceptors (Lipinski definition) is 8. The van der Waals surface area contributed by atoms with Gasteiger partial charge in [-0.2, -0.15) is 0 Å². The molecule has 254 valence electrons. The summed E-state index contributed by atoms with van der Waals surface area (Å²) in [4.78, 5) is 13.7. The number of hydrogen-bond donors (Lipinski definition) is 1. The van der Waals surface area contributed by atoms with E-state index in [2.05, 4.69) is 87.8 Å². The fourth-order valence-corrected chi connectivity index (χ4v) is 14.0. The van der Waals surface area contributed by atoms with Crippen LogP contribution in [0.3, 0.4) is 0 Å². The minimum Gasteiger partial charge on any atom is -0.461 e. The van der Waals surface area contributed by atoms with Crippen LogP contribution in [0.15, 0.2) is 12.2 Å². The van der Waals surface area contributed by atoms with Gasteiger partial charge in [0.2, 0.25) is 0 Å². The molecule has 4 fully saturated rings. The number of ether oxygens (including phenoxy) is 3. The number of esters is 1. The molecule has 2 saturated carbocycles. The number of carbonyl (C=O) groups is 1. The Morgan fingerprint density at radius 2 is 1.68 bits per heavy atom. The molecular formula is C33H62O8Si3. The van der Waals surface area contributed by atoms with Crippen molar-refractivity contribution in [3.8, 4) is 0 Å². The molecule has 11 heteroatoms. The Morgan fingerprint density at radius 1 is 1.09 bits per heavy atom. The van der Waals surface area contributed by atoms with E-state index in [4.69, 9.17) is 27.5 Å². The van der Waals surface area contributed by atoms with Crippen molar-refractivity contribution in [1.29, 1.82) is 0 Å². The molecule has 10 atom stereocenters. The van der Waals surface area contributed by atoms with Crippen molar-refractivity contribution in [3.05, 3.63) is 12.2 Å². The zero-order valence-electron chi connectivity index (χ0n) is 29.9. The van der Waals surface area contributed by atoms with Gasteiger partial charge in [-0.05, 0) is 69.3 Å². The molecule has 0 aromatic rings. The average Bonchev–Trinajstić information content (AvgIpc) is 3.44. The number of carbonyl (C=O) groups excluding carboxylic acids is 1. The van der Waals surface area contributed by atoms with Crippen LogP contribution in [0, 0.1) is 23.2 Å². The smallest absolute Gasteiger partial charge is 0.319 e. The number of rotatable bonds is 14. The zero-order valence-corrected chi connectivity index (χ0v) is 32.9. The molecule has 0 spiro atoms. The summed E-state index contributed by atoms with van der Waals surface area (Å²) in [5.41, 5.74) is -0.822. The summed E-state index contributed by atoms with van der Waals surface area (Å²) in [7, 11) is -4.39. The minimum atomic E-state index is -2.09. The second-order valence-electron chi connectivity index (χ2n) is 16.7. The maximum atomic E-state index is 13.7. The van der Waals surface area contributed by atoms with Gasteiger partial charge in [-0.1, -0.05) is 53.7 Å². The second kappa shape index (κ2) is 12.3. The van der Waals surface area contributed by atoms with Gasteiger partial charge in [0.15, 0.2) is 31.2 Å². The molecule has 0 aromatic carbocycles. The first-order valence-electron chi connectivity index (χ1n) is 17.0. The van der Waals surface area contributed by atoms with Gasteiger partial charge in [-0.25, -0.2) is 0 Å². The lowest BCUT2D eigenvalue weighted by Gasteiger charge is -2.56. The van der Waals surface area contributed by atoms with Gasteiger partial charge in [0.25, 0.3) is 0 Å². The van der Waals surface area contributed by atoms with E-state index in [1.165, 1.54) is 0 Å². The Labute approximate surface area is 270 Å². The maximum absolute atomic E-state index is 13.7. The van der Waals surface area contributed by atoms with Crippen LogP contribution in [0.4, 0.5) is 0 Å². The summed E-state index contributed by atoms with van der Waals surface area (Å²) in [6.07, 6.45) is -1.60. The van der Waals surface area contributed by atoms with E-state index < -0.39 is 48.4 Å². The molecule has 0 unspecified atom stereocenters. The van der Waals surface area contributed by atoms with Crippen molar-refractivity contribution in [2.24, 2.45) is 23.2 Å². The molecule has 0 amide bonds. The summed E-state index contributed by atoms with van der Waals surface area (Å²) in [6, 6.07) is 2.96. The van der Waals surface area contributed by atoms with E-state index in [0.717, 1.165) is 23.7 Å². The SMILES string of the molecule is C=C1[C@H]2[C@@H]3[C@H](C[C@]2(C)O[Si](C)(C)C)OC(=O)[C@]13[C@H](O)C[C@H]1[C@@H](O[Si](CC)(CC)CC)[C@H](OC)O[C@@H]1CO[Si](C)(C)C(C)(C)C. The highest BCUT2D eigenvalue weighted by Gasteiger charge is 2.80. The van der Waals surface area contributed by atoms with Crippen LogP contribution in [-0.2, 0) is 32.3 Å². The Bertz CT molecular complexity index is 1070. The molecule has 2 aliphatic heterocycles. The molecular weight excluding hydrogens is 609 g/mol. The van der Waals surface area contributed by atoms with Gasteiger partial charge in [0.05, 0.1) is 24.4 Å². The normalized spacial score (nSPS) is 38.1. The largest absolute Gasteiger partial charge is 0.461 e. The van der Waals surface area contributed by atoms with Gasteiger partial charge >= 0.3 is 5.97 Å². The molecule has 0 radical (unpaired) electrons. The fourth-order valence-electron chi connectivity index (χ4n) is 8.54. The maximum Gasteiger partial charge on any atom is 0.319 e. The minimum absolute atomic E-state index is 0.0167. The van der Waals surface area contributed by atoms with E-state index >= 15 is 0 Å². The zero-order chi connectivity index (χ0) is 33.3. The van der Waals surface area contributed by atoms with E-state index in [-0.39, 0.29) is 47.1 Å². The molecule has 2 heterocycles. The topological polar surface area (TPSA) is 92.7 Å². The van der Waals surface area contributed by atoms with Gasteiger partial charge < -0.3 is 32.6 Å². The molecule has 8 nitrogen and oxygen atoms in total. The molecule has 1 N–H and O–H groups in total. The average molecular weight is 671 g/mol. The van der Waals surface area contributed by atoms with E-state index in [1.807, 2.05) is 0 Å². The highest BCUT2D eigenvalue weighted by atomic mass is 28.4. The Hall–Kier alpha value is -0.379. The Kier molecular flexibility index (Phi) is 10.2. The third-order valence-corrected chi connectivity index (χ3v) is 22.3. The van der Waals surface area contributed by atoms with Crippen molar-refractivity contribution in [3.63, 3.8) is 0 Å². The Balaban J connectivity index is 1.66. The fraction of sp³-hybridized carbons (Fsp3) is 0.909. The van der Waals surface area contributed by atoms with Crippen LogP contribution in [-0.4, -0.2) is 86.1 Å². The van der Waals surface area contributed by atoms with E-state index in [1.54, 1.807) is 7.11 Å². The second-order valence-corrected chi connectivity index (χ2v) is 30.6. The van der Waals surface area contributed by atoms with Crippen LogP contribution >= 0.6 is 0 Å². The van der Waals surface area contributed by atoms with Gasteiger partial charge in [-0.15, -0.1) is 0 Å². The number of aliphatic hydroxyl groups excluding tert-OH is 1. The van der Waals surface area contributed by atoms with Gasteiger partial charge in [-0.3, -0.25) is 4.79 Å². The van der Waals surface area contributed by atoms with Crippen molar-refractivity contribution in [2.45, 2.75) is 154 Å². The van der Waals surface area contributed by atoms with Crippen LogP contribution < -0.4 is 0 Å². The standard InChI is InChI=1S/C33H62O8Si3/c1-15-44(16-2,17-3)40-28-22(24(38-29(28)36-9)20-37-43(13,14)31(5,6)7)18-25(34)33-21(4)26-27(33)23(39-30(33)35)19-32(26,8)41-42(10,11)12/h22-29,34H,4,15-20H2,1-3,5-14H3/t22-,23+,24-,25-,26+,27+,28-,29-,32+,33+/m1/s1. The van der Waals surface area contributed by atoms with Crippen LogP contribution in [0.2, 0.25) is 55.9 Å². The monoisotopic (exact) mass is 670 g/mol. The molecule has 2 saturated heterocycles. The highest BCUT2D eigenvalue weighted by molar-refractivity contribution is 6.74. The summed E-state index contributed by atoms with van der Waals surface area (Å²) in [6.45, 7) is 31.4. The van der Waals surface area contributed by atoms with Crippen LogP contribution in [0.1, 0.15) is 61.3 Å². The van der Waals surface area contributed by atoms with Crippen molar-refractivity contribution in [1.82, 2.24) is 0 Å². The van der Waals surface area contributed by atoms with Gasteiger partial charge in [0.1, 0.15) is 17.6 Å². The first-order valence-corrected chi connectivity index (χ1v) is 25.8.